The quantitative estimate of drug-likeness (QED) is 0.795. The van der Waals surface area contributed by atoms with E-state index in [1.807, 2.05) is 6.92 Å². The van der Waals surface area contributed by atoms with Crippen LogP contribution in [0.25, 0.3) is 0 Å². The molecule has 0 aliphatic heterocycles. The van der Waals surface area contributed by atoms with Crippen molar-refractivity contribution < 1.29 is 18.6 Å². The highest BCUT2D eigenvalue weighted by Gasteiger charge is 2.12. The summed E-state index contributed by atoms with van der Waals surface area (Å²) in [4.78, 5) is 0. The van der Waals surface area contributed by atoms with Gasteiger partial charge in [-0.2, -0.15) is 4.39 Å². The fourth-order valence-electron chi connectivity index (χ4n) is 1.73. The largest absolute Gasteiger partial charge is 0.454 e. The molecule has 0 spiro atoms. The Morgan fingerprint density at radius 1 is 1.20 bits per heavy atom. The molecule has 2 rings (SSSR count). The van der Waals surface area contributed by atoms with Crippen molar-refractivity contribution in [3.63, 3.8) is 0 Å². The summed E-state index contributed by atoms with van der Waals surface area (Å²) in [7, 11) is 0. The number of hydrogen-bond donors (Lipinski definition) is 1. The van der Waals surface area contributed by atoms with Crippen LogP contribution in [0.4, 0.5) is 8.78 Å². The summed E-state index contributed by atoms with van der Waals surface area (Å²) in [5.74, 6) is -1.84. The first-order valence-corrected chi connectivity index (χ1v) is 6.91. The Hall–Kier alpha value is -1.46. The van der Waals surface area contributed by atoms with Crippen molar-refractivity contribution in [2.75, 3.05) is 0 Å². The molecule has 0 bridgehead atoms. The highest BCUT2D eigenvalue weighted by Crippen LogP contribution is 2.30. The Labute approximate surface area is 124 Å². The third kappa shape index (κ3) is 3.35. The number of aliphatic hydroxyl groups is 1. The van der Waals surface area contributed by atoms with E-state index in [-0.39, 0.29) is 5.75 Å². The Bertz CT molecular complexity index is 600. The van der Waals surface area contributed by atoms with E-state index in [0.717, 1.165) is 11.6 Å². The van der Waals surface area contributed by atoms with Crippen molar-refractivity contribution in [1.29, 1.82) is 0 Å². The molecule has 1 N–H and O–H groups in total. The molecule has 0 fully saturated rings. The van der Waals surface area contributed by atoms with E-state index in [1.54, 1.807) is 24.3 Å². The number of aliphatic hydroxyl groups excluding tert-OH is 1. The molecule has 5 heteroatoms. The Kier molecular flexibility index (Phi) is 4.73. The zero-order chi connectivity index (χ0) is 14.7. The smallest absolute Gasteiger partial charge is 0.201 e. The van der Waals surface area contributed by atoms with E-state index in [1.165, 1.54) is 6.07 Å². The topological polar surface area (TPSA) is 29.5 Å². The van der Waals surface area contributed by atoms with Crippen LogP contribution in [0.5, 0.6) is 11.5 Å². The molecule has 0 saturated carbocycles. The Morgan fingerprint density at radius 3 is 2.45 bits per heavy atom. The lowest BCUT2D eigenvalue weighted by atomic mass is 10.1. The van der Waals surface area contributed by atoms with Crippen LogP contribution >= 0.6 is 15.9 Å². The zero-order valence-corrected chi connectivity index (χ0v) is 12.3. The van der Waals surface area contributed by atoms with Crippen molar-refractivity contribution in [2.45, 2.75) is 19.4 Å². The Morgan fingerprint density at radius 2 is 1.85 bits per heavy atom. The van der Waals surface area contributed by atoms with Crippen LogP contribution in [0.2, 0.25) is 0 Å². The minimum atomic E-state index is -1.04. The van der Waals surface area contributed by atoms with Crippen LogP contribution in [0.3, 0.4) is 0 Å². The first kappa shape index (κ1) is 14.9. The lowest BCUT2D eigenvalue weighted by Crippen LogP contribution is -1.95. The molecule has 0 radical (unpaired) electrons. The van der Waals surface area contributed by atoms with Gasteiger partial charge in [0.05, 0.1) is 6.10 Å². The molecule has 0 amide bonds. The third-order valence-electron chi connectivity index (χ3n) is 2.84. The van der Waals surface area contributed by atoms with Gasteiger partial charge in [-0.1, -0.05) is 35.0 Å². The molecule has 2 nitrogen and oxygen atoms in total. The molecule has 0 saturated heterocycles. The number of ether oxygens (including phenoxy) is 1. The minimum Gasteiger partial charge on any atom is -0.454 e. The SMILES string of the molecule is CC[C@@H](O)c1ccc(Oc2cc(Br)cc(F)c2F)cc1. The molecule has 0 aromatic heterocycles. The van der Waals surface area contributed by atoms with E-state index < -0.39 is 17.7 Å². The van der Waals surface area contributed by atoms with Crippen molar-refractivity contribution in [3.05, 3.63) is 58.1 Å². The first-order valence-electron chi connectivity index (χ1n) is 6.11. The number of halogens is 3. The molecule has 2 aromatic carbocycles. The number of hydrogen-bond acceptors (Lipinski definition) is 2. The highest BCUT2D eigenvalue weighted by molar-refractivity contribution is 9.10. The van der Waals surface area contributed by atoms with Gasteiger partial charge in [0.2, 0.25) is 5.82 Å². The molecule has 1 atom stereocenters. The highest BCUT2D eigenvalue weighted by atomic mass is 79.9. The average molecular weight is 343 g/mol. The molecule has 20 heavy (non-hydrogen) atoms. The van der Waals surface area contributed by atoms with Gasteiger partial charge < -0.3 is 9.84 Å². The van der Waals surface area contributed by atoms with Crippen LogP contribution in [0, 0.1) is 11.6 Å². The van der Waals surface area contributed by atoms with E-state index in [0.29, 0.717) is 16.6 Å². The molecule has 0 aliphatic carbocycles. The molecule has 0 unspecified atom stereocenters. The summed E-state index contributed by atoms with van der Waals surface area (Å²) in [6.45, 7) is 1.87. The predicted octanol–water partition coefficient (Wildman–Crippen LogP) is 4.96. The van der Waals surface area contributed by atoms with Crippen LogP contribution in [-0.4, -0.2) is 5.11 Å². The van der Waals surface area contributed by atoms with Crippen LogP contribution in [0.15, 0.2) is 40.9 Å². The molecule has 0 heterocycles. The van der Waals surface area contributed by atoms with E-state index in [2.05, 4.69) is 15.9 Å². The second kappa shape index (κ2) is 6.33. The fourth-order valence-corrected chi connectivity index (χ4v) is 2.14. The first-order chi connectivity index (χ1) is 9.51. The molecular weight excluding hydrogens is 330 g/mol. The molecular formula is C15H13BrF2O2. The van der Waals surface area contributed by atoms with Crippen molar-refractivity contribution in [3.8, 4) is 11.5 Å². The summed E-state index contributed by atoms with van der Waals surface area (Å²) in [5, 5.41) is 9.67. The third-order valence-corrected chi connectivity index (χ3v) is 3.30. The van der Waals surface area contributed by atoms with Gasteiger partial charge in [0, 0.05) is 4.47 Å². The lowest BCUT2D eigenvalue weighted by molar-refractivity contribution is 0.173. The summed E-state index contributed by atoms with van der Waals surface area (Å²) in [5.41, 5.74) is 0.751. The van der Waals surface area contributed by atoms with Gasteiger partial charge in [0.25, 0.3) is 0 Å². The maximum Gasteiger partial charge on any atom is 0.201 e. The molecule has 106 valence electrons. The van der Waals surface area contributed by atoms with Crippen LogP contribution < -0.4 is 4.74 Å². The standard InChI is InChI=1S/C15H13BrF2O2/c1-2-13(19)9-3-5-11(6-4-9)20-14-8-10(16)7-12(17)15(14)18/h3-8,13,19H,2H2,1H3/t13-/m1/s1. The second-order valence-electron chi connectivity index (χ2n) is 4.29. The summed E-state index contributed by atoms with van der Waals surface area (Å²) in [6, 6.07) is 8.97. The second-order valence-corrected chi connectivity index (χ2v) is 5.21. The number of benzene rings is 2. The monoisotopic (exact) mass is 342 g/mol. The minimum absolute atomic E-state index is 0.194. The van der Waals surface area contributed by atoms with Crippen LogP contribution in [0.1, 0.15) is 25.0 Å². The van der Waals surface area contributed by atoms with Crippen LogP contribution in [-0.2, 0) is 0 Å². The van der Waals surface area contributed by atoms with Gasteiger partial charge in [0.1, 0.15) is 5.75 Å². The van der Waals surface area contributed by atoms with E-state index in [4.69, 9.17) is 4.74 Å². The van der Waals surface area contributed by atoms with Gasteiger partial charge in [-0.05, 0) is 36.2 Å². The van der Waals surface area contributed by atoms with Gasteiger partial charge in [-0.25, -0.2) is 4.39 Å². The predicted molar refractivity (Wildman–Crippen MR) is 75.8 cm³/mol. The fraction of sp³-hybridized carbons (Fsp3) is 0.200. The van der Waals surface area contributed by atoms with Gasteiger partial charge in [0.15, 0.2) is 11.6 Å². The van der Waals surface area contributed by atoms with E-state index in [9.17, 15) is 13.9 Å². The summed E-state index contributed by atoms with van der Waals surface area (Å²) in [6.07, 6.45) is 0.0650. The summed E-state index contributed by atoms with van der Waals surface area (Å²) >= 11 is 3.08. The molecule has 0 aliphatic rings. The van der Waals surface area contributed by atoms with Gasteiger partial charge >= 0.3 is 0 Å². The maximum absolute atomic E-state index is 13.6. The lowest BCUT2D eigenvalue weighted by Gasteiger charge is -2.11. The van der Waals surface area contributed by atoms with Crippen molar-refractivity contribution >= 4 is 15.9 Å². The van der Waals surface area contributed by atoms with Gasteiger partial charge in [-0.15, -0.1) is 0 Å². The average Bonchev–Trinajstić information content (AvgIpc) is 2.44. The normalized spacial score (nSPS) is 12.2. The summed E-state index contributed by atoms with van der Waals surface area (Å²) < 4.78 is 32.5. The maximum atomic E-state index is 13.6. The van der Waals surface area contributed by atoms with Crippen molar-refractivity contribution in [1.82, 2.24) is 0 Å². The number of rotatable bonds is 4. The van der Waals surface area contributed by atoms with E-state index >= 15 is 0 Å². The van der Waals surface area contributed by atoms with Crippen molar-refractivity contribution in [2.24, 2.45) is 0 Å². The molecule has 2 aromatic rings. The zero-order valence-electron chi connectivity index (χ0n) is 10.7. The van der Waals surface area contributed by atoms with Gasteiger partial charge in [-0.3, -0.25) is 0 Å². The Balaban J connectivity index is 2.22.